The van der Waals surface area contributed by atoms with Gasteiger partial charge in [-0.05, 0) is 37.2 Å². The average Bonchev–Trinajstić information content (AvgIpc) is 2.90. The summed E-state index contributed by atoms with van der Waals surface area (Å²) in [5.41, 5.74) is 3.15. The summed E-state index contributed by atoms with van der Waals surface area (Å²) in [5.74, 6) is 0.919. The Labute approximate surface area is 189 Å². The van der Waals surface area contributed by atoms with Crippen LogP contribution in [-0.2, 0) is 13.0 Å². The summed E-state index contributed by atoms with van der Waals surface area (Å²) in [6.45, 7) is 12.4. The highest BCUT2D eigenvalue weighted by Crippen LogP contribution is 2.26. The highest BCUT2D eigenvalue weighted by molar-refractivity contribution is 5.22. The molecule has 1 aliphatic carbocycles. The van der Waals surface area contributed by atoms with Crippen LogP contribution >= 0.6 is 0 Å². The predicted molar refractivity (Wildman–Crippen MR) is 134 cm³/mol. The lowest BCUT2D eigenvalue weighted by Gasteiger charge is -2.39. The summed E-state index contributed by atoms with van der Waals surface area (Å²) in [7, 11) is 0. The van der Waals surface area contributed by atoms with Crippen LogP contribution in [0.4, 0.5) is 0 Å². The van der Waals surface area contributed by atoms with E-state index in [0.29, 0.717) is 0 Å². The van der Waals surface area contributed by atoms with Crippen molar-refractivity contribution in [2.45, 2.75) is 124 Å². The van der Waals surface area contributed by atoms with Crippen molar-refractivity contribution in [2.24, 2.45) is 5.92 Å². The molecule has 0 bridgehead atoms. The first-order chi connectivity index (χ1) is 14.7. The molecule has 0 saturated heterocycles. The second-order valence-electron chi connectivity index (χ2n) is 10.3. The first kappa shape index (κ1) is 25.4. The number of quaternary nitrogens is 1. The van der Waals surface area contributed by atoms with E-state index in [-0.39, 0.29) is 0 Å². The molecule has 0 aromatic heterocycles. The molecular weight excluding hydrogens is 362 g/mol. The van der Waals surface area contributed by atoms with Crippen LogP contribution in [0.5, 0.6) is 0 Å². The van der Waals surface area contributed by atoms with Crippen molar-refractivity contribution in [2.75, 3.05) is 19.6 Å². The monoisotopic (exact) mass is 414 g/mol. The summed E-state index contributed by atoms with van der Waals surface area (Å²) >= 11 is 0. The largest absolute Gasteiger partial charge is 0.320 e. The molecule has 0 radical (unpaired) electrons. The molecule has 1 aromatic rings. The Morgan fingerprint density at radius 1 is 0.633 bits per heavy atom. The van der Waals surface area contributed by atoms with E-state index in [1.807, 2.05) is 0 Å². The molecule has 0 unspecified atom stereocenters. The van der Waals surface area contributed by atoms with E-state index in [1.54, 1.807) is 11.1 Å². The molecule has 0 N–H and O–H groups in total. The zero-order valence-electron chi connectivity index (χ0n) is 20.8. The Bertz CT molecular complexity index is 500. The molecular formula is C29H52N+. The Morgan fingerprint density at radius 3 is 1.53 bits per heavy atom. The van der Waals surface area contributed by atoms with Gasteiger partial charge in [0.2, 0.25) is 0 Å². The fourth-order valence-corrected chi connectivity index (χ4v) is 5.48. The number of hydrogen-bond acceptors (Lipinski definition) is 0. The molecule has 1 aromatic carbocycles. The zero-order chi connectivity index (χ0) is 21.5. The number of hydrogen-bond donors (Lipinski definition) is 0. The smallest absolute Gasteiger partial charge is 0.104 e. The highest BCUT2D eigenvalue weighted by Gasteiger charge is 2.26. The van der Waals surface area contributed by atoms with E-state index in [2.05, 4.69) is 45.0 Å². The maximum atomic E-state index is 2.47. The molecule has 0 atom stereocenters. The SMILES string of the molecule is CCCC[N+](CCCC)(CCCC)Cc1ccc(CC2CCCCCCCC2)cc1. The maximum Gasteiger partial charge on any atom is 0.104 e. The Balaban J connectivity index is 2.01. The third kappa shape index (κ3) is 9.54. The van der Waals surface area contributed by atoms with E-state index in [4.69, 9.17) is 0 Å². The normalized spacial score (nSPS) is 16.8. The summed E-state index contributed by atoms with van der Waals surface area (Å²) in [4.78, 5) is 0. The van der Waals surface area contributed by atoms with Gasteiger partial charge >= 0.3 is 0 Å². The van der Waals surface area contributed by atoms with Crippen molar-refractivity contribution < 1.29 is 4.48 Å². The van der Waals surface area contributed by atoms with Crippen molar-refractivity contribution in [3.63, 3.8) is 0 Å². The minimum Gasteiger partial charge on any atom is -0.320 e. The van der Waals surface area contributed by atoms with Gasteiger partial charge in [-0.1, -0.05) is 116 Å². The van der Waals surface area contributed by atoms with E-state index in [9.17, 15) is 0 Å². The van der Waals surface area contributed by atoms with Gasteiger partial charge in [0.05, 0.1) is 19.6 Å². The summed E-state index contributed by atoms with van der Waals surface area (Å²) in [6.07, 6.45) is 21.0. The van der Waals surface area contributed by atoms with Gasteiger partial charge in [-0.15, -0.1) is 0 Å². The van der Waals surface area contributed by atoms with Crippen LogP contribution in [0.15, 0.2) is 24.3 Å². The number of benzene rings is 1. The average molecular weight is 415 g/mol. The minimum atomic E-state index is 0.919. The molecule has 1 nitrogen and oxygen atoms in total. The molecule has 2 rings (SSSR count). The van der Waals surface area contributed by atoms with Gasteiger partial charge in [0.25, 0.3) is 0 Å². The van der Waals surface area contributed by atoms with Crippen LogP contribution in [0.2, 0.25) is 0 Å². The molecule has 0 heterocycles. The minimum absolute atomic E-state index is 0.919. The molecule has 0 aliphatic heterocycles. The van der Waals surface area contributed by atoms with Gasteiger partial charge in [0.1, 0.15) is 6.54 Å². The first-order valence-corrected chi connectivity index (χ1v) is 13.6. The first-order valence-electron chi connectivity index (χ1n) is 13.6. The summed E-state index contributed by atoms with van der Waals surface area (Å²) in [5, 5.41) is 0. The van der Waals surface area contributed by atoms with Crippen LogP contribution in [-0.4, -0.2) is 24.1 Å². The molecule has 1 fully saturated rings. The van der Waals surface area contributed by atoms with E-state index >= 15 is 0 Å². The van der Waals surface area contributed by atoms with Crippen molar-refractivity contribution in [3.05, 3.63) is 35.4 Å². The Hall–Kier alpha value is -0.820. The molecule has 1 aliphatic rings. The zero-order valence-corrected chi connectivity index (χ0v) is 20.8. The van der Waals surface area contributed by atoms with Gasteiger partial charge in [0.15, 0.2) is 0 Å². The molecule has 1 heteroatoms. The topological polar surface area (TPSA) is 0 Å². The second kappa shape index (κ2) is 15.1. The Kier molecular flexibility index (Phi) is 12.8. The second-order valence-corrected chi connectivity index (χ2v) is 10.3. The third-order valence-electron chi connectivity index (χ3n) is 7.50. The maximum absolute atomic E-state index is 2.47. The van der Waals surface area contributed by atoms with Crippen LogP contribution < -0.4 is 0 Å². The van der Waals surface area contributed by atoms with Crippen molar-refractivity contribution in [1.82, 2.24) is 0 Å². The van der Waals surface area contributed by atoms with Crippen molar-refractivity contribution >= 4 is 0 Å². The number of nitrogens with zero attached hydrogens (tertiary/aromatic N) is 1. The van der Waals surface area contributed by atoms with E-state index in [1.165, 1.54) is 127 Å². The number of rotatable bonds is 13. The van der Waals surface area contributed by atoms with Gasteiger partial charge in [-0.2, -0.15) is 0 Å². The van der Waals surface area contributed by atoms with Crippen molar-refractivity contribution in [1.29, 1.82) is 0 Å². The summed E-state index contributed by atoms with van der Waals surface area (Å²) < 4.78 is 1.32. The lowest BCUT2D eigenvalue weighted by atomic mass is 9.90. The molecule has 1 saturated carbocycles. The van der Waals surface area contributed by atoms with E-state index < -0.39 is 0 Å². The standard InChI is InChI=1S/C29H52N/c1-4-7-22-30(23-8-5-2,24-9-6-3)26-29-20-18-28(19-21-29)25-27-16-14-12-10-11-13-15-17-27/h18-21,27H,4-17,22-26H2,1-3H3/q+1. The van der Waals surface area contributed by atoms with Gasteiger partial charge in [-0.3, -0.25) is 0 Å². The Morgan fingerprint density at radius 2 is 1.07 bits per heavy atom. The molecule has 172 valence electrons. The summed E-state index contributed by atoms with van der Waals surface area (Å²) in [6, 6.07) is 9.88. The number of unbranched alkanes of at least 4 members (excludes halogenated alkanes) is 3. The van der Waals surface area contributed by atoms with E-state index in [0.717, 1.165) is 5.92 Å². The van der Waals surface area contributed by atoms with Crippen LogP contribution in [0.1, 0.15) is 122 Å². The fraction of sp³-hybridized carbons (Fsp3) is 0.793. The van der Waals surface area contributed by atoms with Gasteiger partial charge in [-0.25, -0.2) is 0 Å². The van der Waals surface area contributed by atoms with Crippen molar-refractivity contribution in [3.8, 4) is 0 Å². The fourth-order valence-electron chi connectivity index (χ4n) is 5.48. The third-order valence-corrected chi connectivity index (χ3v) is 7.50. The molecule has 0 spiro atoms. The van der Waals surface area contributed by atoms with Crippen LogP contribution in [0, 0.1) is 5.92 Å². The lowest BCUT2D eigenvalue weighted by molar-refractivity contribution is -0.941. The van der Waals surface area contributed by atoms with Crippen LogP contribution in [0.25, 0.3) is 0 Å². The van der Waals surface area contributed by atoms with Crippen LogP contribution in [0.3, 0.4) is 0 Å². The lowest BCUT2D eigenvalue weighted by Crippen LogP contribution is -2.49. The molecule has 0 amide bonds. The molecule has 30 heavy (non-hydrogen) atoms. The quantitative estimate of drug-likeness (QED) is 0.283. The highest BCUT2D eigenvalue weighted by atomic mass is 15.3. The van der Waals surface area contributed by atoms with Gasteiger partial charge < -0.3 is 4.48 Å². The van der Waals surface area contributed by atoms with Gasteiger partial charge in [0, 0.05) is 5.56 Å². The predicted octanol–water partition coefficient (Wildman–Crippen LogP) is 8.70.